The molecule has 1 atom stereocenters. The quantitative estimate of drug-likeness (QED) is 0.522. The average Bonchev–Trinajstić information content (AvgIpc) is 2.63. The molecule has 28 heavy (non-hydrogen) atoms. The molecule has 0 fully saturated rings. The highest BCUT2D eigenvalue weighted by atomic mass is 32.2. The normalized spacial score (nSPS) is 12.9. The highest BCUT2D eigenvalue weighted by molar-refractivity contribution is 7.89. The second-order valence-corrected chi connectivity index (χ2v) is 8.30. The van der Waals surface area contributed by atoms with E-state index in [1.54, 1.807) is 26.0 Å². The lowest BCUT2D eigenvalue weighted by Gasteiger charge is -2.14. The van der Waals surface area contributed by atoms with Crippen LogP contribution in [0.15, 0.2) is 59.5 Å². The number of sulfonamides is 1. The molecule has 0 spiro atoms. The predicted molar refractivity (Wildman–Crippen MR) is 107 cm³/mol. The maximum atomic E-state index is 12.5. The number of aliphatic hydroxyl groups excluding tert-OH is 1. The minimum atomic E-state index is -3.78. The number of carbonyl (C=O) groups is 1. The highest BCUT2D eigenvalue weighted by Crippen LogP contribution is 2.21. The second kappa shape index (κ2) is 9.64. The number of carbonyl (C=O) groups excluding carboxylic acids is 1. The van der Waals surface area contributed by atoms with E-state index in [9.17, 15) is 18.3 Å². The van der Waals surface area contributed by atoms with E-state index in [0.717, 1.165) is 17.2 Å². The zero-order chi connectivity index (χ0) is 20.7. The van der Waals surface area contributed by atoms with E-state index in [2.05, 4.69) is 4.72 Å². The molecule has 0 heterocycles. The van der Waals surface area contributed by atoms with Crippen molar-refractivity contribution in [3.63, 3.8) is 0 Å². The summed E-state index contributed by atoms with van der Waals surface area (Å²) in [4.78, 5) is 11.9. The third-order valence-corrected chi connectivity index (χ3v) is 5.76. The topological polar surface area (TPSA) is 92.7 Å². The summed E-state index contributed by atoms with van der Waals surface area (Å²) in [7, 11) is -3.78. The van der Waals surface area contributed by atoms with Crippen molar-refractivity contribution in [3.05, 3.63) is 76.9 Å². The molecule has 2 N–H and O–H groups in total. The first-order valence-electron chi connectivity index (χ1n) is 8.83. The summed E-state index contributed by atoms with van der Waals surface area (Å²) >= 11 is 0. The molecule has 0 saturated heterocycles. The largest absolute Gasteiger partial charge is 0.458 e. The van der Waals surface area contributed by atoms with Crippen LogP contribution in [0.4, 0.5) is 0 Å². The number of aryl methyl sites for hydroxylation is 3. The van der Waals surface area contributed by atoms with Crippen molar-refractivity contribution in [2.24, 2.45) is 0 Å². The Morgan fingerprint density at radius 2 is 1.75 bits per heavy atom. The molecule has 0 unspecified atom stereocenters. The maximum absolute atomic E-state index is 12.5. The van der Waals surface area contributed by atoms with Crippen molar-refractivity contribution in [2.75, 3.05) is 6.54 Å². The van der Waals surface area contributed by atoms with Gasteiger partial charge in [0.25, 0.3) is 0 Å². The lowest BCUT2D eigenvalue weighted by Crippen LogP contribution is -2.32. The van der Waals surface area contributed by atoms with Gasteiger partial charge in [-0.05, 0) is 43.5 Å². The van der Waals surface area contributed by atoms with Crippen molar-refractivity contribution >= 4 is 16.0 Å². The first-order chi connectivity index (χ1) is 13.2. The van der Waals surface area contributed by atoms with E-state index in [1.165, 1.54) is 6.08 Å². The predicted octanol–water partition coefficient (Wildman–Crippen LogP) is 2.55. The summed E-state index contributed by atoms with van der Waals surface area (Å²) in [5, 5.41) is 9.95. The summed E-state index contributed by atoms with van der Waals surface area (Å²) in [6.07, 6.45) is 1.12. The van der Waals surface area contributed by atoms with Crippen molar-refractivity contribution < 1.29 is 23.1 Å². The summed E-state index contributed by atoms with van der Waals surface area (Å²) in [5.74, 6) is -0.615. The van der Waals surface area contributed by atoms with Crippen LogP contribution >= 0.6 is 0 Å². The van der Waals surface area contributed by atoms with Crippen molar-refractivity contribution in [1.29, 1.82) is 0 Å². The third kappa shape index (κ3) is 6.30. The van der Waals surface area contributed by atoms with Crippen LogP contribution in [0.2, 0.25) is 0 Å². The van der Waals surface area contributed by atoms with E-state index in [4.69, 9.17) is 4.74 Å². The van der Waals surface area contributed by atoms with Crippen molar-refractivity contribution in [1.82, 2.24) is 4.72 Å². The van der Waals surface area contributed by atoms with Crippen LogP contribution in [0.3, 0.4) is 0 Å². The van der Waals surface area contributed by atoms with Crippen LogP contribution in [-0.2, 0) is 26.2 Å². The molecule has 2 aromatic carbocycles. The Bertz CT molecular complexity index is 929. The minimum absolute atomic E-state index is 0.124. The summed E-state index contributed by atoms with van der Waals surface area (Å²) < 4.78 is 32.5. The van der Waals surface area contributed by atoms with Crippen molar-refractivity contribution in [2.45, 2.75) is 38.4 Å². The molecule has 7 heteroatoms. The molecule has 6 nitrogen and oxygen atoms in total. The van der Waals surface area contributed by atoms with Gasteiger partial charge in [0.2, 0.25) is 10.0 Å². The standard InChI is InChI=1S/C21H25NO5S/c1-15-11-16(2)21(17(3)12-15)28(25,26)22-13-19(23)9-10-20(24)27-14-18-7-5-4-6-8-18/h4-12,19,22-23H,13-14H2,1-3H3/b10-9+/t19-/m0/s1. The number of aliphatic hydroxyl groups is 1. The summed E-state index contributed by atoms with van der Waals surface area (Å²) in [6.45, 7) is 5.23. The fraction of sp³-hybridized carbons (Fsp3) is 0.286. The fourth-order valence-corrected chi connectivity index (χ4v) is 4.39. The Balaban J connectivity index is 1.90. The van der Waals surface area contributed by atoms with E-state index in [-0.39, 0.29) is 18.0 Å². The second-order valence-electron chi connectivity index (χ2n) is 6.60. The number of esters is 1. The molecule has 0 aliphatic heterocycles. The van der Waals surface area contributed by atoms with Gasteiger partial charge in [-0.3, -0.25) is 0 Å². The zero-order valence-electron chi connectivity index (χ0n) is 16.2. The van der Waals surface area contributed by atoms with Crippen LogP contribution in [-0.4, -0.2) is 32.1 Å². The van der Waals surface area contributed by atoms with Gasteiger partial charge in [-0.2, -0.15) is 0 Å². The van der Waals surface area contributed by atoms with Gasteiger partial charge < -0.3 is 9.84 Å². The van der Waals surface area contributed by atoms with Crippen LogP contribution < -0.4 is 4.72 Å². The third-order valence-electron chi connectivity index (χ3n) is 4.03. The highest BCUT2D eigenvalue weighted by Gasteiger charge is 2.20. The summed E-state index contributed by atoms with van der Waals surface area (Å²) in [5.41, 5.74) is 3.10. The lowest BCUT2D eigenvalue weighted by molar-refractivity contribution is -0.139. The summed E-state index contributed by atoms with van der Waals surface area (Å²) in [6, 6.07) is 12.8. The van der Waals surface area contributed by atoms with Gasteiger partial charge in [-0.15, -0.1) is 0 Å². The van der Waals surface area contributed by atoms with E-state index < -0.39 is 22.1 Å². The Kier molecular flexibility index (Phi) is 7.51. The fourth-order valence-electron chi connectivity index (χ4n) is 2.89. The first-order valence-corrected chi connectivity index (χ1v) is 10.3. The van der Waals surface area contributed by atoms with Gasteiger partial charge in [0.1, 0.15) is 6.61 Å². The van der Waals surface area contributed by atoms with Gasteiger partial charge in [-0.25, -0.2) is 17.9 Å². The number of hydrogen-bond donors (Lipinski definition) is 2. The molecule has 0 amide bonds. The van der Waals surface area contributed by atoms with Crippen LogP contribution in [0.1, 0.15) is 22.3 Å². The van der Waals surface area contributed by atoms with Crippen LogP contribution in [0.25, 0.3) is 0 Å². The van der Waals surface area contributed by atoms with Gasteiger partial charge in [-0.1, -0.05) is 48.0 Å². The number of benzene rings is 2. The molecule has 0 aliphatic rings. The Morgan fingerprint density at radius 1 is 1.14 bits per heavy atom. The van der Waals surface area contributed by atoms with Gasteiger partial charge in [0.15, 0.2) is 0 Å². The molecule has 0 radical (unpaired) electrons. The monoisotopic (exact) mass is 403 g/mol. The van der Waals surface area contributed by atoms with Gasteiger partial charge >= 0.3 is 5.97 Å². The van der Waals surface area contributed by atoms with E-state index in [1.807, 2.05) is 37.3 Å². The van der Waals surface area contributed by atoms with Gasteiger partial charge in [0.05, 0.1) is 11.0 Å². The molecule has 0 aromatic heterocycles. The maximum Gasteiger partial charge on any atom is 0.330 e. The zero-order valence-corrected chi connectivity index (χ0v) is 17.0. The van der Waals surface area contributed by atoms with Crippen LogP contribution in [0, 0.1) is 20.8 Å². The molecule has 0 bridgehead atoms. The Morgan fingerprint density at radius 3 is 2.36 bits per heavy atom. The van der Waals surface area contributed by atoms with E-state index >= 15 is 0 Å². The number of rotatable bonds is 8. The Hall–Kier alpha value is -2.48. The van der Waals surface area contributed by atoms with Crippen LogP contribution in [0.5, 0.6) is 0 Å². The molecule has 0 aliphatic carbocycles. The molecule has 2 aromatic rings. The number of hydrogen-bond acceptors (Lipinski definition) is 5. The SMILES string of the molecule is Cc1cc(C)c(S(=O)(=O)NC[C@@H](O)/C=C/C(=O)OCc2ccccc2)c(C)c1. The molecule has 0 saturated carbocycles. The molecule has 150 valence electrons. The smallest absolute Gasteiger partial charge is 0.330 e. The van der Waals surface area contributed by atoms with Crippen molar-refractivity contribution in [3.8, 4) is 0 Å². The van der Waals surface area contributed by atoms with Gasteiger partial charge in [0, 0.05) is 12.6 Å². The molecule has 2 rings (SSSR count). The average molecular weight is 404 g/mol. The van der Waals surface area contributed by atoms with E-state index in [0.29, 0.717) is 11.1 Å². The number of ether oxygens (including phenoxy) is 1. The molecular formula is C21H25NO5S. The first kappa shape index (κ1) is 21.8. The molecular weight excluding hydrogens is 378 g/mol. The Labute approximate surface area is 165 Å². The number of nitrogens with one attached hydrogen (secondary N) is 1. The lowest BCUT2D eigenvalue weighted by atomic mass is 10.1. The minimum Gasteiger partial charge on any atom is -0.458 e.